The fourth-order valence-electron chi connectivity index (χ4n) is 2.18. The molecule has 1 aliphatic rings. The normalized spacial score (nSPS) is 24.2. The Morgan fingerprint density at radius 1 is 1.32 bits per heavy atom. The number of rotatable bonds is 3. The number of hydrogen-bond donors (Lipinski definition) is 1. The Morgan fingerprint density at radius 3 is 2.58 bits per heavy atom. The first-order valence-electron chi connectivity index (χ1n) is 6.00. The number of allylic oxidation sites excluding steroid dienone is 1. The Hall–Kier alpha value is -0.820. The molecule has 1 aromatic rings. The van der Waals surface area contributed by atoms with Gasteiger partial charge in [-0.3, -0.25) is 4.99 Å². The number of nitrogens with zero attached hydrogens (tertiary/aromatic N) is 1. The van der Waals surface area contributed by atoms with Crippen molar-refractivity contribution in [2.75, 3.05) is 0 Å². The van der Waals surface area contributed by atoms with E-state index in [0.29, 0.717) is 5.56 Å². The lowest BCUT2D eigenvalue weighted by atomic mass is 9.91. The van der Waals surface area contributed by atoms with Crippen molar-refractivity contribution < 1.29 is 13.9 Å². The van der Waals surface area contributed by atoms with E-state index >= 15 is 0 Å². The first-order valence-corrected chi connectivity index (χ1v) is 7.08. The van der Waals surface area contributed by atoms with Crippen LogP contribution in [0.2, 0.25) is 0 Å². The Kier molecular flexibility index (Phi) is 4.67. The van der Waals surface area contributed by atoms with Crippen LogP contribution in [0.25, 0.3) is 0 Å². The van der Waals surface area contributed by atoms with E-state index in [1.165, 1.54) is 12.1 Å². The molecule has 0 saturated heterocycles. The lowest BCUT2D eigenvalue weighted by Gasteiger charge is -2.26. The zero-order valence-electron chi connectivity index (χ0n) is 10.4. The summed E-state index contributed by atoms with van der Waals surface area (Å²) < 4.78 is 27.0. The predicted octanol–water partition coefficient (Wildman–Crippen LogP) is 3.28. The molecule has 0 aliphatic carbocycles. The number of aliphatic hydroxyl groups excluding tert-OH is 1. The van der Waals surface area contributed by atoms with Crippen LogP contribution in [0, 0.1) is 17.6 Å². The Morgan fingerprint density at radius 2 is 1.95 bits per heavy atom. The minimum absolute atomic E-state index is 0.104. The third-order valence-corrected chi connectivity index (χ3v) is 3.75. The quantitative estimate of drug-likeness (QED) is 0.806. The summed E-state index contributed by atoms with van der Waals surface area (Å²) in [4.78, 5) is 4.38. The molecule has 0 bridgehead atoms. The van der Waals surface area contributed by atoms with E-state index in [-0.39, 0.29) is 18.4 Å². The van der Waals surface area contributed by atoms with Crippen molar-refractivity contribution in [2.45, 2.75) is 25.5 Å². The molecule has 1 N–H and O–H groups in total. The molecule has 0 radical (unpaired) electrons. The van der Waals surface area contributed by atoms with Crippen LogP contribution in [0.15, 0.2) is 35.3 Å². The average Bonchev–Trinajstić information content (AvgIpc) is 2.30. The van der Waals surface area contributed by atoms with Crippen molar-refractivity contribution in [1.29, 1.82) is 0 Å². The van der Waals surface area contributed by atoms with Gasteiger partial charge in [-0.05, 0) is 52.3 Å². The Bertz CT molecular complexity index is 510. The maximum Gasteiger partial charge on any atom is 0.126 e. The number of benzene rings is 1. The number of aliphatic hydroxyl groups is 1. The minimum Gasteiger partial charge on any atom is -0.391 e. The van der Waals surface area contributed by atoms with E-state index in [4.69, 9.17) is 0 Å². The van der Waals surface area contributed by atoms with Crippen molar-refractivity contribution in [3.63, 3.8) is 0 Å². The van der Waals surface area contributed by atoms with Crippen LogP contribution in [-0.4, -0.2) is 21.0 Å². The van der Waals surface area contributed by atoms with Gasteiger partial charge in [0.1, 0.15) is 11.6 Å². The summed E-state index contributed by atoms with van der Waals surface area (Å²) in [5.74, 6) is -1.15. The van der Waals surface area contributed by atoms with Crippen LogP contribution in [0.4, 0.5) is 8.78 Å². The highest BCUT2D eigenvalue weighted by Gasteiger charge is 2.26. The van der Waals surface area contributed by atoms with Gasteiger partial charge in [-0.15, -0.1) is 0 Å². The van der Waals surface area contributed by atoms with Crippen LogP contribution in [0.1, 0.15) is 12.5 Å². The van der Waals surface area contributed by atoms with Gasteiger partial charge < -0.3 is 5.11 Å². The fraction of sp³-hybridized carbons (Fsp3) is 0.357. The molecule has 0 spiro atoms. The predicted molar refractivity (Wildman–Crippen MR) is 79.6 cm³/mol. The van der Waals surface area contributed by atoms with Crippen molar-refractivity contribution in [3.05, 3.63) is 47.5 Å². The standard InChI is InChI=1S/C14H14F2INO/c1-8-2-3-13(17)18-14(8)12(19)6-9-4-10(15)7-11(16)5-9/h2-5,7-8,12,14,19H,6H2,1H3/t8?,12-,14?/m1/s1. The van der Waals surface area contributed by atoms with Gasteiger partial charge in [-0.1, -0.05) is 13.0 Å². The van der Waals surface area contributed by atoms with E-state index in [2.05, 4.69) is 27.6 Å². The first kappa shape index (κ1) is 14.6. The van der Waals surface area contributed by atoms with Crippen molar-refractivity contribution in [1.82, 2.24) is 0 Å². The molecule has 1 heterocycles. The molecular weight excluding hydrogens is 363 g/mol. The maximum absolute atomic E-state index is 13.1. The summed E-state index contributed by atoms with van der Waals surface area (Å²) in [6.07, 6.45) is 3.31. The smallest absolute Gasteiger partial charge is 0.126 e. The molecule has 0 saturated carbocycles. The molecule has 0 fully saturated rings. The highest BCUT2D eigenvalue weighted by atomic mass is 127. The molecule has 1 aliphatic heterocycles. The zero-order valence-corrected chi connectivity index (χ0v) is 12.5. The molecule has 1 aromatic carbocycles. The molecule has 19 heavy (non-hydrogen) atoms. The summed E-state index contributed by atoms with van der Waals surface area (Å²) in [6.45, 7) is 1.96. The lowest BCUT2D eigenvalue weighted by molar-refractivity contribution is 0.130. The van der Waals surface area contributed by atoms with Gasteiger partial charge in [0.25, 0.3) is 0 Å². The van der Waals surface area contributed by atoms with Gasteiger partial charge in [0.2, 0.25) is 0 Å². The van der Waals surface area contributed by atoms with E-state index < -0.39 is 17.7 Å². The van der Waals surface area contributed by atoms with E-state index in [1.54, 1.807) is 0 Å². The second-order valence-corrected chi connectivity index (χ2v) is 5.82. The molecule has 0 aromatic heterocycles. The number of dihydropyridines is 1. The van der Waals surface area contributed by atoms with E-state index in [9.17, 15) is 13.9 Å². The van der Waals surface area contributed by atoms with Gasteiger partial charge in [-0.25, -0.2) is 8.78 Å². The molecule has 2 nitrogen and oxygen atoms in total. The second-order valence-electron chi connectivity index (χ2n) is 4.71. The number of hydrogen-bond acceptors (Lipinski definition) is 2. The average molecular weight is 377 g/mol. The largest absolute Gasteiger partial charge is 0.391 e. The Labute approximate surface area is 124 Å². The van der Waals surface area contributed by atoms with Crippen LogP contribution in [-0.2, 0) is 6.42 Å². The third kappa shape index (κ3) is 3.82. The van der Waals surface area contributed by atoms with Gasteiger partial charge in [0, 0.05) is 12.5 Å². The number of aliphatic imine (C=N–C) groups is 1. The molecule has 2 rings (SSSR count). The fourth-order valence-corrected chi connectivity index (χ4v) is 2.70. The number of halogens is 3. The minimum atomic E-state index is -0.758. The van der Waals surface area contributed by atoms with Crippen LogP contribution in [0.3, 0.4) is 0 Å². The van der Waals surface area contributed by atoms with Crippen molar-refractivity contribution >= 4 is 26.3 Å². The van der Waals surface area contributed by atoms with E-state index in [1.807, 2.05) is 19.1 Å². The Balaban J connectivity index is 2.12. The van der Waals surface area contributed by atoms with Crippen LogP contribution in [0.5, 0.6) is 0 Å². The molecule has 3 atom stereocenters. The first-order chi connectivity index (χ1) is 8.95. The topological polar surface area (TPSA) is 32.6 Å². The highest BCUT2D eigenvalue weighted by Crippen LogP contribution is 2.22. The summed E-state index contributed by atoms with van der Waals surface area (Å²) >= 11 is 2.09. The third-order valence-electron chi connectivity index (χ3n) is 3.11. The highest BCUT2D eigenvalue weighted by molar-refractivity contribution is 14.1. The summed E-state index contributed by atoms with van der Waals surface area (Å²) in [7, 11) is 0. The second kappa shape index (κ2) is 6.09. The van der Waals surface area contributed by atoms with Gasteiger partial charge in [0.05, 0.1) is 15.9 Å². The molecule has 102 valence electrons. The summed E-state index contributed by atoms with van der Waals surface area (Å²) in [6, 6.07) is 3.03. The molecular formula is C14H14F2INO. The SMILES string of the molecule is CC1C=CC(I)=NC1[C@H](O)Cc1cc(F)cc(F)c1. The van der Waals surface area contributed by atoms with Gasteiger partial charge >= 0.3 is 0 Å². The zero-order chi connectivity index (χ0) is 14.0. The lowest BCUT2D eigenvalue weighted by Crippen LogP contribution is -2.33. The van der Waals surface area contributed by atoms with Crippen molar-refractivity contribution in [3.8, 4) is 0 Å². The monoisotopic (exact) mass is 377 g/mol. The van der Waals surface area contributed by atoms with Crippen LogP contribution >= 0.6 is 22.6 Å². The molecule has 0 amide bonds. The maximum atomic E-state index is 13.1. The molecule has 5 heteroatoms. The van der Waals surface area contributed by atoms with Crippen molar-refractivity contribution in [2.24, 2.45) is 10.9 Å². The summed E-state index contributed by atoms with van der Waals surface area (Å²) in [5, 5.41) is 10.2. The van der Waals surface area contributed by atoms with Gasteiger partial charge in [0.15, 0.2) is 0 Å². The van der Waals surface area contributed by atoms with Gasteiger partial charge in [-0.2, -0.15) is 0 Å². The van der Waals surface area contributed by atoms with Crippen LogP contribution < -0.4 is 0 Å². The molecule has 2 unspecified atom stereocenters. The van der Waals surface area contributed by atoms with E-state index in [0.717, 1.165) is 9.78 Å². The summed E-state index contributed by atoms with van der Waals surface area (Å²) in [5.41, 5.74) is 0.442.